The zero-order valence-corrected chi connectivity index (χ0v) is 10.5. The summed E-state index contributed by atoms with van der Waals surface area (Å²) in [7, 11) is 1.61. The van der Waals surface area contributed by atoms with E-state index < -0.39 is 5.60 Å². The topological polar surface area (TPSA) is 64.3 Å². The molecule has 4 heteroatoms. The highest BCUT2D eigenvalue weighted by Gasteiger charge is 2.25. The average molecular weight is 216 g/mol. The van der Waals surface area contributed by atoms with Gasteiger partial charge in [0.25, 0.3) is 0 Å². The SMILES string of the molecule is COC(C)(C)CC(=O)NC(C)(C)CCN. The van der Waals surface area contributed by atoms with Crippen molar-refractivity contribution < 1.29 is 9.53 Å². The monoisotopic (exact) mass is 216 g/mol. The molecule has 0 aromatic heterocycles. The van der Waals surface area contributed by atoms with Crippen molar-refractivity contribution in [2.24, 2.45) is 5.73 Å². The van der Waals surface area contributed by atoms with Crippen molar-refractivity contribution in [2.45, 2.75) is 51.7 Å². The van der Waals surface area contributed by atoms with E-state index in [-0.39, 0.29) is 11.4 Å². The molecule has 0 aliphatic rings. The highest BCUT2D eigenvalue weighted by molar-refractivity contribution is 5.77. The zero-order valence-electron chi connectivity index (χ0n) is 10.5. The van der Waals surface area contributed by atoms with Crippen LogP contribution in [0.5, 0.6) is 0 Å². The van der Waals surface area contributed by atoms with Gasteiger partial charge in [0.15, 0.2) is 0 Å². The fourth-order valence-corrected chi connectivity index (χ4v) is 1.30. The number of hydrogen-bond acceptors (Lipinski definition) is 3. The molecule has 0 atom stereocenters. The van der Waals surface area contributed by atoms with Crippen LogP contribution < -0.4 is 11.1 Å². The Morgan fingerprint density at radius 2 is 1.87 bits per heavy atom. The van der Waals surface area contributed by atoms with E-state index in [1.807, 2.05) is 27.7 Å². The Balaban J connectivity index is 4.14. The van der Waals surface area contributed by atoms with Crippen LogP contribution in [0.1, 0.15) is 40.5 Å². The second kappa shape index (κ2) is 5.47. The second-order valence-electron chi connectivity index (χ2n) is 5.11. The summed E-state index contributed by atoms with van der Waals surface area (Å²) in [4.78, 5) is 11.7. The summed E-state index contributed by atoms with van der Waals surface area (Å²) in [5.41, 5.74) is 4.81. The number of rotatable bonds is 6. The number of nitrogens with one attached hydrogen (secondary N) is 1. The van der Waals surface area contributed by atoms with Crippen LogP contribution in [0.4, 0.5) is 0 Å². The van der Waals surface area contributed by atoms with Gasteiger partial charge in [-0.25, -0.2) is 0 Å². The minimum Gasteiger partial charge on any atom is -0.378 e. The first-order chi connectivity index (χ1) is 6.72. The predicted octanol–water partition coefficient (Wildman–Crippen LogP) is 1.05. The lowest BCUT2D eigenvalue weighted by atomic mass is 9.98. The van der Waals surface area contributed by atoms with Crippen molar-refractivity contribution in [3.8, 4) is 0 Å². The van der Waals surface area contributed by atoms with Gasteiger partial charge >= 0.3 is 0 Å². The van der Waals surface area contributed by atoms with Gasteiger partial charge in [0, 0.05) is 12.6 Å². The van der Waals surface area contributed by atoms with E-state index in [0.717, 1.165) is 6.42 Å². The number of methoxy groups -OCH3 is 1. The third-order valence-electron chi connectivity index (χ3n) is 2.39. The molecule has 0 unspecified atom stereocenters. The lowest BCUT2D eigenvalue weighted by Crippen LogP contribution is -2.46. The summed E-state index contributed by atoms with van der Waals surface area (Å²) in [5.74, 6) is 0.000278. The van der Waals surface area contributed by atoms with Crippen LogP contribution >= 0.6 is 0 Å². The summed E-state index contributed by atoms with van der Waals surface area (Å²) < 4.78 is 5.20. The Morgan fingerprint density at radius 1 is 1.33 bits per heavy atom. The van der Waals surface area contributed by atoms with E-state index in [1.165, 1.54) is 0 Å². The van der Waals surface area contributed by atoms with E-state index in [0.29, 0.717) is 13.0 Å². The Bertz CT molecular complexity index is 213. The third kappa shape index (κ3) is 6.47. The third-order valence-corrected chi connectivity index (χ3v) is 2.39. The number of nitrogens with two attached hydrogens (primary N) is 1. The fourth-order valence-electron chi connectivity index (χ4n) is 1.30. The molecule has 0 aromatic carbocycles. The number of amides is 1. The molecule has 0 heterocycles. The van der Waals surface area contributed by atoms with Gasteiger partial charge < -0.3 is 15.8 Å². The summed E-state index contributed by atoms with van der Waals surface area (Å²) >= 11 is 0. The van der Waals surface area contributed by atoms with Crippen LogP contribution in [0.25, 0.3) is 0 Å². The number of hydrogen-bond donors (Lipinski definition) is 2. The normalized spacial score (nSPS) is 12.7. The molecule has 0 rings (SSSR count). The molecule has 0 radical (unpaired) electrons. The summed E-state index contributed by atoms with van der Waals surface area (Å²) in [6, 6.07) is 0. The van der Waals surface area contributed by atoms with Crippen molar-refractivity contribution in [2.75, 3.05) is 13.7 Å². The summed E-state index contributed by atoms with van der Waals surface area (Å²) in [5, 5.41) is 2.95. The van der Waals surface area contributed by atoms with Gasteiger partial charge in [0.05, 0.1) is 12.0 Å². The minimum absolute atomic E-state index is 0.000278. The van der Waals surface area contributed by atoms with E-state index >= 15 is 0 Å². The molecule has 0 bridgehead atoms. The van der Waals surface area contributed by atoms with E-state index in [2.05, 4.69) is 5.32 Å². The molecule has 3 N–H and O–H groups in total. The van der Waals surface area contributed by atoms with Crippen LogP contribution in [0.15, 0.2) is 0 Å². The molecule has 15 heavy (non-hydrogen) atoms. The van der Waals surface area contributed by atoms with E-state index in [1.54, 1.807) is 7.11 Å². The minimum atomic E-state index is -0.414. The smallest absolute Gasteiger partial charge is 0.223 e. The van der Waals surface area contributed by atoms with Crippen LogP contribution in [-0.2, 0) is 9.53 Å². The molecule has 90 valence electrons. The molecule has 0 aliphatic carbocycles. The Morgan fingerprint density at radius 3 is 2.27 bits per heavy atom. The van der Waals surface area contributed by atoms with Crippen LogP contribution in [0.3, 0.4) is 0 Å². The van der Waals surface area contributed by atoms with Crippen LogP contribution in [0, 0.1) is 0 Å². The molecule has 0 fully saturated rings. The first kappa shape index (κ1) is 14.4. The van der Waals surface area contributed by atoms with Crippen molar-refractivity contribution in [3.63, 3.8) is 0 Å². The molecular weight excluding hydrogens is 192 g/mol. The molecule has 0 saturated heterocycles. The maximum atomic E-state index is 11.7. The first-order valence-electron chi connectivity index (χ1n) is 5.29. The van der Waals surface area contributed by atoms with E-state index in [9.17, 15) is 4.79 Å². The Labute approximate surface area is 92.6 Å². The molecule has 0 saturated carbocycles. The van der Waals surface area contributed by atoms with E-state index in [4.69, 9.17) is 10.5 Å². The lowest BCUT2D eigenvalue weighted by Gasteiger charge is -2.28. The van der Waals surface area contributed by atoms with Crippen molar-refractivity contribution >= 4 is 5.91 Å². The Kier molecular flexibility index (Phi) is 5.24. The predicted molar refractivity (Wildman–Crippen MR) is 61.6 cm³/mol. The van der Waals surface area contributed by atoms with Gasteiger partial charge in [0.1, 0.15) is 0 Å². The van der Waals surface area contributed by atoms with Crippen molar-refractivity contribution in [1.82, 2.24) is 5.32 Å². The summed E-state index contributed by atoms with van der Waals surface area (Å²) in [6.07, 6.45) is 1.13. The van der Waals surface area contributed by atoms with Gasteiger partial charge in [-0.1, -0.05) is 0 Å². The quantitative estimate of drug-likeness (QED) is 0.697. The van der Waals surface area contributed by atoms with Gasteiger partial charge in [-0.2, -0.15) is 0 Å². The van der Waals surface area contributed by atoms with Gasteiger partial charge in [-0.05, 0) is 40.7 Å². The Hall–Kier alpha value is -0.610. The van der Waals surface area contributed by atoms with Gasteiger partial charge in [-0.3, -0.25) is 4.79 Å². The second-order valence-corrected chi connectivity index (χ2v) is 5.11. The highest BCUT2D eigenvalue weighted by Crippen LogP contribution is 2.14. The van der Waals surface area contributed by atoms with Crippen LogP contribution in [-0.4, -0.2) is 30.7 Å². The zero-order chi connectivity index (χ0) is 12.1. The number of carbonyl (C=O) groups excluding carboxylic acids is 1. The fraction of sp³-hybridized carbons (Fsp3) is 0.909. The molecule has 4 nitrogen and oxygen atoms in total. The molecule has 0 aliphatic heterocycles. The average Bonchev–Trinajstić information content (AvgIpc) is 2.01. The van der Waals surface area contributed by atoms with Crippen LogP contribution in [0.2, 0.25) is 0 Å². The number of ether oxygens (including phenoxy) is 1. The van der Waals surface area contributed by atoms with Gasteiger partial charge in [0.2, 0.25) is 5.91 Å². The van der Waals surface area contributed by atoms with Crippen molar-refractivity contribution in [3.05, 3.63) is 0 Å². The maximum Gasteiger partial charge on any atom is 0.223 e. The van der Waals surface area contributed by atoms with Gasteiger partial charge in [-0.15, -0.1) is 0 Å². The standard InChI is InChI=1S/C11H24N2O2/c1-10(2,6-7-12)13-9(14)8-11(3,4)15-5/h6-8,12H2,1-5H3,(H,13,14). The maximum absolute atomic E-state index is 11.7. The van der Waals surface area contributed by atoms with Crippen molar-refractivity contribution in [1.29, 1.82) is 0 Å². The largest absolute Gasteiger partial charge is 0.378 e. The molecule has 1 amide bonds. The lowest BCUT2D eigenvalue weighted by molar-refractivity contribution is -0.127. The summed E-state index contributed by atoms with van der Waals surface area (Å²) in [6.45, 7) is 8.29. The highest BCUT2D eigenvalue weighted by atomic mass is 16.5. The molecular formula is C11H24N2O2. The first-order valence-corrected chi connectivity index (χ1v) is 5.29. The number of carbonyl (C=O) groups is 1. The molecule has 0 aromatic rings. The molecule has 0 spiro atoms.